The topological polar surface area (TPSA) is 84.9 Å². The SMILES string of the molecule is CCOc1cc(C=C(NC(=O)c2ccccc2)C(=O)O)cc(Cl)c1OCc1cccc(Br)c1. The third kappa shape index (κ3) is 6.84. The van der Waals surface area contributed by atoms with Crippen LogP contribution in [0.25, 0.3) is 6.08 Å². The van der Waals surface area contributed by atoms with Gasteiger partial charge in [-0.15, -0.1) is 0 Å². The zero-order valence-corrected chi connectivity index (χ0v) is 20.0. The smallest absolute Gasteiger partial charge is 0.352 e. The normalized spacial score (nSPS) is 11.1. The molecule has 0 spiro atoms. The molecule has 0 fully saturated rings. The fraction of sp³-hybridized carbons (Fsp3) is 0.120. The van der Waals surface area contributed by atoms with Crippen molar-refractivity contribution in [2.45, 2.75) is 13.5 Å². The number of rotatable bonds is 9. The zero-order valence-electron chi connectivity index (χ0n) is 17.7. The van der Waals surface area contributed by atoms with Crippen molar-refractivity contribution in [3.63, 3.8) is 0 Å². The molecule has 8 heteroatoms. The molecule has 0 aromatic heterocycles. The van der Waals surface area contributed by atoms with Crippen LogP contribution >= 0.6 is 27.5 Å². The highest BCUT2D eigenvalue weighted by atomic mass is 79.9. The number of carbonyl (C=O) groups excluding carboxylic acids is 1. The summed E-state index contributed by atoms with van der Waals surface area (Å²) >= 11 is 9.88. The number of nitrogens with one attached hydrogen (secondary N) is 1. The van der Waals surface area contributed by atoms with Crippen LogP contribution in [0.3, 0.4) is 0 Å². The first kappa shape index (κ1) is 24.4. The van der Waals surface area contributed by atoms with Crippen molar-refractivity contribution in [2.75, 3.05) is 6.61 Å². The molecule has 3 rings (SSSR count). The minimum absolute atomic E-state index is 0.251. The average molecular weight is 531 g/mol. The van der Waals surface area contributed by atoms with Crippen molar-refractivity contribution in [3.8, 4) is 11.5 Å². The lowest BCUT2D eigenvalue weighted by Gasteiger charge is -2.15. The Morgan fingerprint density at radius 3 is 2.48 bits per heavy atom. The summed E-state index contributed by atoms with van der Waals surface area (Å²) in [5, 5.41) is 12.3. The Labute approximate surface area is 204 Å². The monoisotopic (exact) mass is 529 g/mol. The lowest BCUT2D eigenvalue weighted by Crippen LogP contribution is -2.27. The van der Waals surface area contributed by atoms with Crippen molar-refractivity contribution >= 4 is 45.5 Å². The van der Waals surface area contributed by atoms with Crippen molar-refractivity contribution < 1.29 is 24.2 Å². The number of carboxylic acid groups (broad SMARTS) is 1. The Hall–Kier alpha value is -3.29. The van der Waals surface area contributed by atoms with Crippen LogP contribution in [0, 0.1) is 0 Å². The molecule has 0 aliphatic rings. The van der Waals surface area contributed by atoms with Gasteiger partial charge in [-0.1, -0.05) is 57.9 Å². The molecule has 33 heavy (non-hydrogen) atoms. The molecule has 170 valence electrons. The number of aliphatic carboxylic acids is 1. The first-order valence-electron chi connectivity index (χ1n) is 10.0. The van der Waals surface area contributed by atoms with Crippen LogP contribution in [0.1, 0.15) is 28.4 Å². The molecule has 0 aliphatic heterocycles. The van der Waals surface area contributed by atoms with Gasteiger partial charge in [0.1, 0.15) is 12.3 Å². The lowest BCUT2D eigenvalue weighted by atomic mass is 10.1. The van der Waals surface area contributed by atoms with E-state index in [1.807, 2.05) is 31.2 Å². The molecule has 0 aliphatic carbocycles. The predicted octanol–water partition coefficient (Wildman–Crippen LogP) is 5.94. The van der Waals surface area contributed by atoms with Crippen LogP contribution in [-0.4, -0.2) is 23.6 Å². The summed E-state index contributed by atoms with van der Waals surface area (Å²) < 4.78 is 12.5. The maximum absolute atomic E-state index is 12.4. The fourth-order valence-electron chi connectivity index (χ4n) is 2.96. The highest BCUT2D eigenvalue weighted by Gasteiger charge is 2.16. The van der Waals surface area contributed by atoms with Crippen molar-refractivity contribution in [1.82, 2.24) is 5.32 Å². The molecule has 3 aromatic carbocycles. The Morgan fingerprint density at radius 2 is 1.82 bits per heavy atom. The Balaban J connectivity index is 1.87. The Kier molecular flexibility index (Phi) is 8.52. The molecule has 0 unspecified atom stereocenters. The van der Waals surface area contributed by atoms with Gasteiger partial charge in [-0.05, 0) is 60.5 Å². The third-order valence-electron chi connectivity index (χ3n) is 4.43. The highest BCUT2D eigenvalue weighted by molar-refractivity contribution is 9.10. The molecule has 0 saturated carbocycles. The highest BCUT2D eigenvalue weighted by Crippen LogP contribution is 2.38. The van der Waals surface area contributed by atoms with E-state index in [9.17, 15) is 14.7 Å². The van der Waals surface area contributed by atoms with Crippen LogP contribution < -0.4 is 14.8 Å². The van der Waals surface area contributed by atoms with Crippen LogP contribution in [0.5, 0.6) is 11.5 Å². The Bertz CT molecular complexity index is 1180. The van der Waals surface area contributed by atoms with Crippen LogP contribution in [0.15, 0.2) is 76.9 Å². The van der Waals surface area contributed by atoms with Gasteiger partial charge in [-0.3, -0.25) is 4.79 Å². The van der Waals surface area contributed by atoms with Crippen molar-refractivity contribution in [1.29, 1.82) is 0 Å². The van der Waals surface area contributed by atoms with Crippen molar-refractivity contribution in [2.24, 2.45) is 0 Å². The second kappa shape index (κ2) is 11.5. The molecule has 0 atom stereocenters. The standard InChI is InChI=1S/C25H21BrClNO5/c1-2-32-22-14-17(12-20(27)23(22)33-15-16-7-6-10-19(26)11-16)13-21(25(30)31)28-24(29)18-8-4-3-5-9-18/h3-14H,2,15H2,1H3,(H,28,29)(H,30,31). The summed E-state index contributed by atoms with van der Waals surface area (Å²) in [7, 11) is 0. The summed E-state index contributed by atoms with van der Waals surface area (Å²) in [5.74, 6) is -1.11. The molecule has 0 bridgehead atoms. The summed E-state index contributed by atoms with van der Waals surface area (Å²) in [6.07, 6.45) is 1.32. The van der Waals surface area contributed by atoms with E-state index in [0.717, 1.165) is 10.0 Å². The number of hydrogen-bond acceptors (Lipinski definition) is 4. The molecule has 2 N–H and O–H groups in total. The summed E-state index contributed by atoms with van der Waals surface area (Å²) in [6, 6.07) is 19.2. The van der Waals surface area contributed by atoms with E-state index in [4.69, 9.17) is 21.1 Å². The molecule has 0 radical (unpaired) electrons. The van der Waals surface area contributed by atoms with Crippen LogP contribution in [0.4, 0.5) is 0 Å². The number of amides is 1. The zero-order chi connectivity index (χ0) is 23.8. The molecule has 1 amide bonds. The number of halogens is 2. The number of carboxylic acids is 1. The molecule has 6 nitrogen and oxygen atoms in total. The van der Waals surface area contributed by atoms with E-state index in [0.29, 0.717) is 29.2 Å². The van der Waals surface area contributed by atoms with E-state index in [1.54, 1.807) is 42.5 Å². The van der Waals surface area contributed by atoms with E-state index < -0.39 is 11.9 Å². The van der Waals surface area contributed by atoms with Crippen LogP contribution in [0.2, 0.25) is 5.02 Å². The fourth-order valence-corrected chi connectivity index (χ4v) is 3.68. The van der Waals surface area contributed by atoms with Gasteiger partial charge >= 0.3 is 5.97 Å². The van der Waals surface area contributed by atoms with Gasteiger partial charge in [0.15, 0.2) is 11.5 Å². The molecule has 3 aromatic rings. The van der Waals surface area contributed by atoms with Gasteiger partial charge in [0.25, 0.3) is 5.91 Å². The average Bonchev–Trinajstić information content (AvgIpc) is 2.79. The van der Waals surface area contributed by atoms with Gasteiger partial charge in [-0.2, -0.15) is 0 Å². The predicted molar refractivity (Wildman–Crippen MR) is 131 cm³/mol. The summed E-state index contributed by atoms with van der Waals surface area (Å²) in [6.45, 7) is 2.44. The molecule has 0 heterocycles. The van der Waals surface area contributed by atoms with Gasteiger partial charge in [0, 0.05) is 10.0 Å². The van der Waals surface area contributed by atoms with E-state index >= 15 is 0 Å². The Morgan fingerprint density at radius 1 is 1.06 bits per heavy atom. The number of hydrogen-bond donors (Lipinski definition) is 2. The minimum atomic E-state index is -1.29. The van der Waals surface area contributed by atoms with E-state index in [2.05, 4.69) is 21.2 Å². The number of ether oxygens (including phenoxy) is 2. The van der Waals surface area contributed by atoms with Crippen molar-refractivity contribution in [3.05, 3.63) is 98.6 Å². The molecular formula is C25H21BrClNO5. The number of benzene rings is 3. The third-order valence-corrected chi connectivity index (χ3v) is 5.20. The lowest BCUT2D eigenvalue weighted by molar-refractivity contribution is -0.132. The molecular weight excluding hydrogens is 510 g/mol. The second-order valence-electron chi connectivity index (χ2n) is 6.86. The van der Waals surface area contributed by atoms with E-state index in [-0.39, 0.29) is 17.3 Å². The first-order valence-corrected chi connectivity index (χ1v) is 11.2. The second-order valence-corrected chi connectivity index (χ2v) is 8.19. The van der Waals surface area contributed by atoms with Gasteiger partial charge in [-0.25, -0.2) is 4.79 Å². The first-order chi connectivity index (χ1) is 15.9. The minimum Gasteiger partial charge on any atom is -0.490 e. The summed E-state index contributed by atoms with van der Waals surface area (Å²) in [4.78, 5) is 24.1. The quantitative estimate of drug-likeness (QED) is 0.335. The van der Waals surface area contributed by atoms with Gasteiger partial charge in [0.05, 0.1) is 11.6 Å². The van der Waals surface area contributed by atoms with E-state index in [1.165, 1.54) is 6.08 Å². The van der Waals surface area contributed by atoms with Gasteiger partial charge in [0.2, 0.25) is 0 Å². The summed E-state index contributed by atoms with van der Waals surface area (Å²) in [5.41, 5.74) is 1.41. The largest absolute Gasteiger partial charge is 0.490 e. The van der Waals surface area contributed by atoms with Crippen LogP contribution in [-0.2, 0) is 11.4 Å². The maximum atomic E-state index is 12.4. The maximum Gasteiger partial charge on any atom is 0.352 e. The number of carbonyl (C=O) groups is 2. The molecule has 0 saturated heterocycles. The van der Waals surface area contributed by atoms with Gasteiger partial charge < -0.3 is 19.9 Å².